The number of aromatic nitrogens is 1. The second kappa shape index (κ2) is 16.0. The molecule has 1 aliphatic heterocycles. The molecule has 3 fully saturated rings. The fourth-order valence-electron chi connectivity index (χ4n) is 6.32. The number of rotatable bonds is 18. The first kappa shape index (κ1) is 37.3. The number of carbonyl (C=O) groups is 3. The Kier molecular flexibility index (Phi) is 11.9. The lowest BCUT2D eigenvalue weighted by atomic mass is 10.1. The molecule has 0 bridgehead atoms. The van der Waals surface area contributed by atoms with Gasteiger partial charge >= 0.3 is 0 Å². The van der Waals surface area contributed by atoms with Crippen molar-refractivity contribution < 1.29 is 41.7 Å². The van der Waals surface area contributed by atoms with Gasteiger partial charge in [-0.2, -0.15) is 0 Å². The van der Waals surface area contributed by atoms with Crippen LogP contribution in [0.5, 0.6) is 17.4 Å². The molecule has 0 radical (unpaired) electrons. The Morgan fingerprint density at radius 1 is 1.14 bits per heavy atom. The van der Waals surface area contributed by atoms with E-state index in [0.717, 1.165) is 19.3 Å². The van der Waals surface area contributed by atoms with Crippen LogP contribution in [0.15, 0.2) is 36.5 Å². The predicted molar refractivity (Wildman–Crippen MR) is 187 cm³/mol. The van der Waals surface area contributed by atoms with E-state index in [4.69, 9.17) is 18.9 Å². The fourth-order valence-corrected chi connectivity index (χ4v) is 7.69. The SMILES string of the molecule is CCCC/C=C\C1CC1(NC(=O)C1CC(Oc2ncc(OCCOC)c3cc(OC)ccc23)CN1C(=O)CC(C)C)C(=O)NS(=O)(=O)C1CC1. The first-order chi connectivity index (χ1) is 23.9. The summed E-state index contributed by atoms with van der Waals surface area (Å²) in [6.07, 6.45) is 9.26. The van der Waals surface area contributed by atoms with Gasteiger partial charge in [0.05, 0.1) is 31.7 Å². The van der Waals surface area contributed by atoms with Crippen molar-refractivity contribution in [3.63, 3.8) is 0 Å². The maximum atomic E-state index is 14.1. The van der Waals surface area contributed by atoms with Crippen LogP contribution in [-0.2, 0) is 29.1 Å². The molecule has 2 heterocycles. The number of amides is 3. The van der Waals surface area contributed by atoms with Crippen LogP contribution < -0.4 is 24.2 Å². The quantitative estimate of drug-likeness (QED) is 0.171. The Bertz CT molecular complexity index is 1690. The molecule has 1 aromatic carbocycles. The lowest BCUT2D eigenvalue weighted by Gasteiger charge is -2.27. The lowest BCUT2D eigenvalue weighted by Crippen LogP contribution is -2.56. The number of carbonyl (C=O) groups excluding carboxylic acids is 3. The number of allylic oxidation sites excluding steroid dienone is 1. The van der Waals surface area contributed by atoms with E-state index in [2.05, 4.69) is 21.9 Å². The molecule has 2 aromatic rings. The first-order valence-corrected chi connectivity index (χ1v) is 19.1. The number of hydrogen-bond acceptors (Lipinski definition) is 10. The summed E-state index contributed by atoms with van der Waals surface area (Å²) in [6.45, 7) is 6.78. The number of unbranched alkanes of at least 4 members (excludes halogenated alkanes) is 2. The van der Waals surface area contributed by atoms with E-state index < -0.39 is 44.8 Å². The largest absolute Gasteiger partial charge is 0.497 e. The van der Waals surface area contributed by atoms with E-state index in [-0.39, 0.29) is 43.6 Å². The average molecular weight is 715 g/mol. The summed E-state index contributed by atoms with van der Waals surface area (Å²) in [5.74, 6) is -0.353. The summed E-state index contributed by atoms with van der Waals surface area (Å²) >= 11 is 0. The molecular formula is C36H50N4O9S. The number of fused-ring (bicyclic) bond motifs is 1. The van der Waals surface area contributed by atoms with E-state index in [1.807, 2.05) is 38.1 Å². The number of benzene rings is 1. The number of methoxy groups -OCH3 is 2. The highest BCUT2D eigenvalue weighted by atomic mass is 32.2. The number of nitrogens with one attached hydrogen (secondary N) is 2. The van der Waals surface area contributed by atoms with Crippen molar-refractivity contribution in [2.24, 2.45) is 11.8 Å². The summed E-state index contributed by atoms with van der Waals surface area (Å²) in [6, 6.07) is 4.49. The van der Waals surface area contributed by atoms with Gasteiger partial charge in [0.2, 0.25) is 27.7 Å². The van der Waals surface area contributed by atoms with Crippen LogP contribution in [0.2, 0.25) is 0 Å². The Balaban J connectivity index is 1.38. The number of pyridine rings is 1. The Hall–Kier alpha value is -3.91. The van der Waals surface area contributed by atoms with Crippen LogP contribution in [0.4, 0.5) is 0 Å². The van der Waals surface area contributed by atoms with Gasteiger partial charge in [0.1, 0.15) is 35.8 Å². The van der Waals surface area contributed by atoms with Gasteiger partial charge in [-0.3, -0.25) is 19.1 Å². The summed E-state index contributed by atoms with van der Waals surface area (Å²) < 4.78 is 50.6. The summed E-state index contributed by atoms with van der Waals surface area (Å²) in [7, 11) is -0.676. The van der Waals surface area contributed by atoms with Crippen LogP contribution in [0.1, 0.15) is 72.1 Å². The van der Waals surface area contributed by atoms with Crippen LogP contribution >= 0.6 is 0 Å². The summed E-state index contributed by atoms with van der Waals surface area (Å²) in [4.78, 5) is 47.3. The monoisotopic (exact) mass is 714 g/mol. The van der Waals surface area contributed by atoms with Gasteiger partial charge < -0.3 is 29.2 Å². The van der Waals surface area contributed by atoms with Gasteiger partial charge in [-0.1, -0.05) is 45.8 Å². The zero-order valence-electron chi connectivity index (χ0n) is 29.6. The van der Waals surface area contributed by atoms with Gasteiger partial charge in [-0.15, -0.1) is 0 Å². The summed E-state index contributed by atoms with van der Waals surface area (Å²) in [5, 5.41) is 3.69. The maximum absolute atomic E-state index is 14.1. The van der Waals surface area contributed by atoms with E-state index in [0.29, 0.717) is 54.2 Å². The topological polar surface area (TPSA) is 162 Å². The highest BCUT2D eigenvalue weighted by molar-refractivity contribution is 7.91. The minimum absolute atomic E-state index is 0.0447. The van der Waals surface area contributed by atoms with Crippen molar-refractivity contribution in [2.45, 2.75) is 95.1 Å². The van der Waals surface area contributed by atoms with E-state index in [1.54, 1.807) is 26.5 Å². The van der Waals surface area contributed by atoms with Gasteiger partial charge in [-0.05, 0) is 49.8 Å². The Morgan fingerprint density at radius 2 is 1.92 bits per heavy atom. The molecule has 2 N–H and O–H groups in total. The van der Waals surface area contributed by atoms with Crippen molar-refractivity contribution in [3.05, 3.63) is 36.5 Å². The van der Waals surface area contributed by atoms with Crippen molar-refractivity contribution in [1.82, 2.24) is 19.9 Å². The smallest absolute Gasteiger partial charge is 0.259 e. The predicted octanol–water partition coefficient (Wildman–Crippen LogP) is 3.89. The first-order valence-electron chi connectivity index (χ1n) is 17.5. The van der Waals surface area contributed by atoms with Crippen molar-refractivity contribution >= 4 is 38.5 Å². The molecular weight excluding hydrogens is 664 g/mol. The molecule has 50 heavy (non-hydrogen) atoms. The second-order valence-corrected chi connectivity index (χ2v) is 15.8. The van der Waals surface area contributed by atoms with Crippen LogP contribution in [0.25, 0.3) is 10.8 Å². The van der Waals surface area contributed by atoms with Crippen molar-refractivity contribution in [3.8, 4) is 17.4 Å². The third-order valence-electron chi connectivity index (χ3n) is 9.37. The van der Waals surface area contributed by atoms with Gasteiger partial charge in [0.25, 0.3) is 5.91 Å². The van der Waals surface area contributed by atoms with E-state index in [9.17, 15) is 22.8 Å². The number of sulfonamides is 1. The second-order valence-electron chi connectivity index (χ2n) is 13.8. The molecule has 0 spiro atoms. The van der Waals surface area contributed by atoms with Crippen molar-refractivity contribution in [1.29, 1.82) is 0 Å². The maximum Gasteiger partial charge on any atom is 0.259 e. The number of likely N-dealkylation sites (tertiary alicyclic amines) is 1. The normalized spacial score (nSPS) is 23.3. The van der Waals surface area contributed by atoms with E-state index in [1.165, 1.54) is 4.90 Å². The highest BCUT2D eigenvalue weighted by Crippen LogP contribution is 2.46. The molecule has 4 unspecified atom stereocenters. The molecule has 274 valence electrons. The van der Waals surface area contributed by atoms with Gasteiger partial charge in [0.15, 0.2) is 0 Å². The summed E-state index contributed by atoms with van der Waals surface area (Å²) in [5.41, 5.74) is -1.43. The third kappa shape index (κ3) is 8.68. The number of nitrogens with zero attached hydrogens (tertiary/aromatic N) is 2. The molecule has 2 saturated carbocycles. The molecule has 1 aromatic heterocycles. The van der Waals surface area contributed by atoms with Crippen LogP contribution in [-0.4, -0.2) is 92.9 Å². The minimum Gasteiger partial charge on any atom is -0.497 e. The molecule has 3 amide bonds. The van der Waals surface area contributed by atoms with Crippen LogP contribution in [0.3, 0.4) is 0 Å². The lowest BCUT2D eigenvalue weighted by molar-refractivity contribution is -0.140. The number of ether oxygens (including phenoxy) is 4. The Morgan fingerprint density at radius 3 is 2.60 bits per heavy atom. The Labute approximate surface area is 294 Å². The minimum atomic E-state index is -3.84. The molecule has 3 aliphatic rings. The molecule has 1 saturated heterocycles. The fraction of sp³-hybridized carbons (Fsp3) is 0.611. The van der Waals surface area contributed by atoms with Gasteiger partial charge in [-0.25, -0.2) is 13.4 Å². The van der Waals surface area contributed by atoms with Crippen LogP contribution in [0, 0.1) is 11.8 Å². The zero-order valence-corrected chi connectivity index (χ0v) is 30.4. The van der Waals surface area contributed by atoms with Crippen molar-refractivity contribution in [2.75, 3.05) is 34.0 Å². The average Bonchev–Trinajstić information content (AvgIpc) is 4.00. The highest BCUT2D eigenvalue weighted by Gasteiger charge is 2.62. The van der Waals surface area contributed by atoms with Gasteiger partial charge in [0, 0.05) is 36.6 Å². The molecule has 4 atom stereocenters. The molecule has 14 heteroatoms. The third-order valence-corrected chi connectivity index (χ3v) is 11.2. The molecule has 5 rings (SSSR count). The van der Waals surface area contributed by atoms with E-state index >= 15 is 0 Å². The molecule has 13 nitrogen and oxygen atoms in total. The standard InChI is InChI=1S/C36H50N4O9S/c1-6-7-8-9-10-24-20-36(24,35(43)39-50(44,45)27-12-13-27)38-33(42)30-19-26(22-40(30)32(41)17-23(2)3)49-34-28-14-11-25(47-5)18-29(28)31(21-37-34)48-16-15-46-4/h9-11,14,18,21,23-24,26-27,30H,6-8,12-13,15-17,19-20,22H2,1-5H3,(H,38,42)(H,39,43)/b10-9-. The molecule has 2 aliphatic carbocycles. The number of hydrogen-bond donors (Lipinski definition) is 2. The zero-order chi connectivity index (χ0) is 36.1.